The minimum Gasteiger partial charge on any atom is -0.326 e. The first-order valence-electron chi connectivity index (χ1n) is 6.29. The molecular weight excluding hydrogens is 327 g/mol. The van der Waals surface area contributed by atoms with Gasteiger partial charge in [0.05, 0.1) is 11.4 Å². The van der Waals surface area contributed by atoms with Crippen LogP contribution in [0.3, 0.4) is 0 Å². The van der Waals surface area contributed by atoms with E-state index in [4.69, 9.17) is 5.73 Å². The van der Waals surface area contributed by atoms with Crippen molar-refractivity contribution in [1.82, 2.24) is 9.21 Å². The molecule has 120 valence electrons. The Hall–Kier alpha value is -0.680. The van der Waals surface area contributed by atoms with E-state index in [-0.39, 0.29) is 37.6 Å². The Kier molecular flexibility index (Phi) is 4.93. The summed E-state index contributed by atoms with van der Waals surface area (Å²) in [5.74, 6) is 0. The molecule has 0 bridgehead atoms. The van der Waals surface area contributed by atoms with Crippen molar-refractivity contribution in [3.63, 3.8) is 0 Å². The Balaban J connectivity index is 2.01. The smallest absolute Gasteiger partial charge is 0.326 e. The second kappa shape index (κ2) is 6.21. The molecule has 0 amide bonds. The van der Waals surface area contributed by atoms with Gasteiger partial charge in [0.2, 0.25) is 10.0 Å². The molecule has 5 nitrogen and oxygen atoms in total. The van der Waals surface area contributed by atoms with Crippen molar-refractivity contribution in [2.24, 2.45) is 5.73 Å². The fraction of sp³-hybridized carbons (Fsp3) is 0.636. The van der Waals surface area contributed by atoms with E-state index in [1.54, 1.807) is 0 Å². The fourth-order valence-electron chi connectivity index (χ4n) is 2.13. The molecule has 2 heterocycles. The first-order chi connectivity index (χ1) is 9.72. The number of hydrogen-bond donors (Lipinski definition) is 1. The number of piperazine rings is 1. The SMILES string of the molecule is NCc1cc(S(=O)(=O)N2CCN(CC(F)(F)F)CC2)cs1. The van der Waals surface area contributed by atoms with Gasteiger partial charge < -0.3 is 5.73 Å². The average molecular weight is 343 g/mol. The van der Waals surface area contributed by atoms with Crippen molar-refractivity contribution in [2.45, 2.75) is 17.6 Å². The maximum absolute atomic E-state index is 12.4. The third-order valence-electron chi connectivity index (χ3n) is 3.20. The Morgan fingerprint density at radius 2 is 1.86 bits per heavy atom. The summed E-state index contributed by atoms with van der Waals surface area (Å²) in [6.45, 7) is -0.464. The maximum atomic E-state index is 12.4. The zero-order valence-corrected chi connectivity index (χ0v) is 12.8. The zero-order valence-electron chi connectivity index (χ0n) is 11.1. The molecule has 2 rings (SSSR count). The van der Waals surface area contributed by atoms with Crippen LogP contribution in [-0.4, -0.2) is 56.5 Å². The van der Waals surface area contributed by atoms with Gasteiger partial charge in [-0.15, -0.1) is 11.3 Å². The largest absolute Gasteiger partial charge is 0.401 e. The third-order valence-corrected chi connectivity index (χ3v) is 6.19. The number of halogens is 3. The van der Waals surface area contributed by atoms with E-state index in [9.17, 15) is 21.6 Å². The highest BCUT2D eigenvalue weighted by Crippen LogP contribution is 2.24. The van der Waals surface area contributed by atoms with Crippen LogP contribution in [0, 0.1) is 0 Å². The molecule has 0 aliphatic carbocycles. The lowest BCUT2D eigenvalue weighted by molar-refractivity contribution is -0.148. The topological polar surface area (TPSA) is 66.6 Å². The van der Waals surface area contributed by atoms with Gasteiger partial charge in [-0.1, -0.05) is 0 Å². The number of rotatable bonds is 4. The molecule has 1 aromatic rings. The highest BCUT2D eigenvalue weighted by Gasteiger charge is 2.35. The van der Waals surface area contributed by atoms with Crippen LogP contribution in [-0.2, 0) is 16.6 Å². The zero-order chi connectivity index (χ0) is 15.7. The second-order valence-electron chi connectivity index (χ2n) is 4.75. The van der Waals surface area contributed by atoms with Gasteiger partial charge in [-0.3, -0.25) is 4.90 Å². The number of hydrogen-bond acceptors (Lipinski definition) is 5. The van der Waals surface area contributed by atoms with E-state index < -0.39 is 22.7 Å². The number of alkyl halides is 3. The minimum absolute atomic E-state index is 0.0617. The van der Waals surface area contributed by atoms with E-state index in [2.05, 4.69) is 0 Å². The first-order valence-corrected chi connectivity index (χ1v) is 8.61. The number of nitrogens with zero attached hydrogens (tertiary/aromatic N) is 2. The highest BCUT2D eigenvalue weighted by atomic mass is 32.2. The van der Waals surface area contributed by atoms with Crippen LogP contribution in [0.4, 0.5) is 13.2 Å². The van der Waals surface area contributed by atoms with E-state index in [1.807, 2.05) is 0 Å². The molecule has 0 spiro atoms. The second-order valence-corrected chi connectivity index (χ2v) is 7.68. The molecule has 21 heavy (non-hydrogen) atoms. The summed E-state index contributed by atoms with van der Waals surface area (Å²) in [5.41, 5.74) is 5.45. The molecule has 2 N–H and O–H groups in total. The monoisotopic (exact) mass is 343 g/mol. The minimum atomic E-state index is -4.26. The van der Waals surface area contributed by atoms with Crippen molar-refractivity contribution in [3.8, 4) is 0 Å². The summed E-state index contributed by atoms with van der Waals surface area (Å²) in [6, 6.07) is 1.52. The summed E-state index contributed by atoms with van der Waals surface area (Å²) in [6.07, 6.45) is -4.26. The van der Waals surface area contributed by atoms with Gasteiger partial charge in [0.25, 0.3) is 0 Å². The molecule has 0 radical (unpaired) electrons. The van der Waals surface area contributed by atoms with Crippen molar-refractivity contribution in [1.29, 1.82) is 0 Å². The van der Waals surface area contributed by atoms with Gasteiger partial charge in [-0.2, -0.15) is 17.5 Å². The molecule has 0 unspecified atom stereocenters. The van der Waals surface area contributed by atoms with Gasteiger partial charge in [0.1, 0.15) is 0 Å². The standard InChI is InChI=1S/C11H16F3N3O2S2/c12-11(13,14)8-16-1-3-17(4-2-16)21(18,19)10-5-9(6-15)20-7-10/h5,7H,1-4,6,8,15H2. The van der Waals surface area contributed by atoms with E-state index in [0.717, 1.165) is 4.88 Å². The number of nitrogens with two attached hydrogens (primary N) is 1. The van der Waals surface area contributed by atoms with Crippen LogP contribution < -0.4 is 5.73 Å². The van der Waals surface area contributed by atoms with Gasteiger partial charge in [0, 0.05) is 43.0 Å². The molecule has 1 saturated heterocycles. The molecule has 0 aromatic carbocycles. The van der Waals surface area contributed by atoms with Crippen molar-refractivity contribution in [2.75, 3.05) is 32.7 Å². The van der Waals surface area contributed by atoms with Crippen LogP contribution in [0.25, 0.3) is 0 Å². The van der Waals surface area contributed by atoms with Gasteiger partial charge in [-0.25, -0.2) is 8.42 Å². The Bertz CT molecular complexity index is 578. The molecule has 1 aliphatic rings. The van der Waals surface area contributed by atoms with Crippen LogP contribution in [0.15, 0.2) is 16.3 Å². The van der Waals surface area contributed by atoms with Crippen LogP contribution in [0.2, 0.25) is 0 Å². The Labute approximate surface area is 125 Å². The van der Waals surface area contributed by atoms with Crippen LogP contribution in [0.1, 0.15) is 4.88 Å². The van der Waals surface area contributed by atoms with Gasteiger partial charge >= 0.3 is 6.18 Å². The average Bonchev–Trinajstić information content (AvgIpc) is 2.87. The van der Waals surface area contributed by atoms with Crippen molar-refractivity contribution < 1.29 is 21.6 Å². The summed E-state index contributed by atoms with van der Waals surface area (Å²) >= 11 is 1.26. The van der Waals surface area contributed by atoms with E-state index >= 15 is 0 Å². The molecule has 1 aromatic heterocycles. The first kappa shape index (κ1) is 16.7. The Morgan fingerprint density at radius 3 is 2.33 bits per heavy atom. The Morgan fingerprint density at radius 1 is 1.24 bits per heavy atom. The normalized spacial score (nSPS) is 19.0. The third kappa shape index (κ3) is 4.16. The highest BCUT2D eigenvalue weighted by molar-refractivity contribution is 7.89. The molecule has 0 atom stereocenters. The quantitative estimate of drug-likeness (QED) is 0.888. The predicted molar refractivity (Wildman–Crippen MR) is 73.5 cm³/mol. The van der Waals surface area contributed by atoms with Crippen molar-refractivity contribution in [3.05, 3.63) is 16.3 Å². The summed E-state index contributed by atoms with van der Waals surface area (Å²) in [7, 11) is -3.64. The van der Waals surface area contributed by atoms with E-state index in [0.29, 0.717) is 0 Å². The summed E-state index contributed by atoms with van der Waals surface area (Å²) in [4.78, 5) is 2.13. The number of thiophene rings is 1. The molecule has 0 saturated carbocycles. The van der Waals surface area contributed by atoms with Crippen molar-refractivity contribution >= 4 is 21.4 Å². The fourth-order valence-corrected chi connectivity index (χ4v) is 4.70. The van der Waals surface area contributed by atoms with Crippen LogP contribution in [0.5, 0.6) is 0 Å². The van der Waals surface area contributed by atoms with E-state index in [1.165, 1.54) is 32.0 Å². The molecule has 10 heteroatoms. The lowest BCUT2D eigenvalue weighted by Gasteiger charge is -2.34. The lowest BCUT2D eigenvalue weighted by Crippen LogP contribution is -2.50. The lowest BCUT2D eigenvalue weighted by atomic mass is 10.3. The predicted octanol–water partition coefficient (Wildman–Crippen LogP) is 1.08. The summed E-state index contributed by atoms with van der Waals surface area (Å²) < 4.78 is 62.8. The number of sulfonamides is 1. The molecular formula is C11H16F3N3O2S2. The molecule has 1 fully saturated rings. The van der Waals surface area contributed by atoms with Gasteiger partial charge in [-0.05, 0) is 6.07 Å². The summed E-state index contributed by atoms with van der Waals surface area (Å²) in [5, 5.41) is 1.51. The molecule has 1 aliphatic heterocycles. The van der Waals surface area contributed by atoms with Crippen LogP contribution >= 0.6 is 11.3 Å². The maximum Gasteiger partial charge on any atom is 0.401 e. The van der Waals surface area contributed by atoms with Gasteiger partial charge in [0.15, 0.2) is 0 Å².